The SMILES string of the molecule is COc1cc(OC)cc(-c2c3c(nn2C)CCNC3)c1. The van der Waals surface area contributed by atoms with Crippen LogP contribution in [0.5, 0.6) is 11.5 Å². The van der Waals surface area contributed by atoms with Gasteiger partial charge in [-0.1, -0.05) is 0 Å². The van der Waals surface area contributed by atoms with Crippen LogP contribution >= 0.6 is 0 Å². The fourth-order valence-electron chi connectivity index (χ4n) is 2.74. The van der Waals surface area contributed by atoms with E-state index in [9.17, 15) is 0 Å². The molecular formula is C15H19N3O2. The highest BCUT2D eigenvalue weighted by molar-refractivity contribution is 5.68. The molecule has 0 saturated heterocycles. The third kappa shape index (κ3) is 2.14. The first-order chi connectivity index (χ1) is 9.72. The van der Waals surface area contributed by atoms with E-state index in [0.29, 0.717) is 0 Å². The molecule has 1 N–H and O–H groups in total. The molecule has 1 aromatic carbocycles. The molecule has 1 aliphatic rings. The van der Waals surface area contributed by atoms with Crippen molar-refractivity contribution in [3.05, 3.63) is 29.5 Å². The summed E-state index contributed by atoms with van der Waals surface area (Å²) >= 11 is 0. The predicted octanol–water partition coefficient (Wildman–Crippen LogP) is 1.75. The van der Waals surface area contributed by atoms with E-state index < -0.39 is 0 Å². The summed E-state index contributed by atoms with van der Waals surface area (Å²) in [5, 5.41) is 8.04. The highest BCUT2D eigenvalue weighted by Crippen LogP contribution is 2.33. The molecule has 5 heteroatoms. The Labute approximate surface area is 118 Å². The molecule has 3 rings (SSSR count). The third-order valence-corrected chi connectivity index (χ3v) is 3.69. The van der Waals surface area contributed by atoms with Gasteiger partial charge in [-0.2, -0.15) is 5.10 Å². The molecule has 2 aromatic rings. The Morgan fingerprint density at radius 1 is 1.15 bits per heavy atom. The molecule has 0 unspecified atom stereocenters. The second-order valence-corrected chi connectivity index (χ2v) is 4.93. The quantitative estimate of drug-likeness (QED) is 0.925. The normalized spacial score (nSPS) is 13.9. The molecule has 106 valence electrons. The van der Waals surface area contributed by atoms with Crippen molar-refractivity contribution in [2.24, 2.45) is 7.05 Å². The van der Waals surface area contributed by atoms with Crippen molar-refractivity contribution in [2.45, 2.75) is 13.0 Å². The summed E-state index contributed by atoms with van der Waals surface area (Å²) in [6.45, 7) is 1.85. The zero-order valence-electron chi connectivity index (χ0n) is 12.1. The van der Waals surface area contributed by atoms with Crippen LogP contribution in [0.3, 0.4) is 0 Å². The molecule has 0 atom stereocenters. The molecular weight excluding hydrogens is 254 g/mol. The highest BCUT2D eigenvalue weighted by atomic mass is 16.5. The fraction of sp³-hybridized carbons (Fsp3) is 0.400. The average molecular weight is 273 g/mol. The minimum absolute atomic E-state index is 0.790. The van der Waals surface area contributed by atoms with Gasteiger partial charge in [0.15, 0.2) is 0 Å². The van der Waals surface area contributed by atoms with Gasteiger partial charge in [0.2, 0.25) is 0 Å². The number of benzene rings is 1. The second kappa shape index (κ2) is 5.17. The third-order valence-electron chi connectivity index (χ3n) is 3.69. The van der Waals surface area contributed by atoms with Crippen LogP contribution in [0.15, 0.2) is 18.2 Å². The maximum absolute atomic E-state index is 5.35. The van der Waals surface area contributed by atoms with Gasteiger partial charge < -0.3 is 14.8 Å². The lowest BCUT2D eigenvalue weighted by molar-refractivity contribution is 0.394. The molecule has 1 aromatic heterocycles. The van der Waals surface area contributed by atoms with Crippen LogP contribution in [0.2, 0.25) is 0 Å². The molecule has 5 nitrogen and oxygen atoms in total. The molecule has 0 aliphatic carbocycles. The summed E-state index contributed by atoms with van der Waals surface area (Å²) in [6.07, 6.45) is 0.976. The van der Waals surface area contributed by atoms with E-state index in [4.69, 9.17) is 9.47 Å². The van der Waals surface area contributed by atoms with Crippen molar-refractivity contribution < 1.29 is 9.47 Å². The summed E-state index contributed by atoms with van der Waals surface area (Å²) < 4.78 is 12.7. The van der Waals surface area contributed by atoms with Crippen LogP contribution in [-0.2, 0) is 20.0 Å². The number of methoxy groups -OCH3 is 2. The zero-order chi connectivity index (χ0) is 14.1. The Morgan fingerprint density at radius 3 is 2.50 bits per heavy atom. The van der Waals surface area contributed by atoms with Crippen LogP contribution in [-0.4, -0.2) is 30.5 Å². The van der Waals surface area contributed by atoms with Crippen molar-refractivity contribution in [3.63, 3.8) is 0 Å². The summed E-state index contributed by atoms with van der Waals surface area (Å²) in [6, 6.07) is 5.92. The molecule has 0 amide bonds. The minimum atomic E-state index is 0.790. The monoisotopic (exact) mass is 273 g/mol. The number of fused-ring (bicyclic) bond motifs is 1. The molecule has 2 heterocycles. The molecule has 0 radical (unpaired) electrons. The Kier molecular flexibility index (Phi) is 3.36. The number of nitrogens with zero attached hydrogens (tertiary/aromatic N) is 2. The first-order valence-corrected chi connectivity index (χ1v) is 6.72. The van der Waals surface area contributed by atoms with Crippen molar-refractivity contribution in [3.8, 4) is 22.8 Å². The van der Waals surface area contributed by atoms with E-state index in [1.165, 1.54) is 11.3 Å². The van der Waals surface area contributed by atoms with Crippen LogP contribution in [0, 0.1) is 0 Å². The lowest BCUT2D eigenvalue weighted by atomic mass is 10.0. The van der Waals surface area contributed by atoms with Gasteiger partial charge in [-0.15, -0.1) is 0 Å². The van der Waals surface area contributed by atoms with Gasteiger partial charge in [-0.25, -0.2) is 0 Å². The number of hydrogen-bond donors (Lipinski definition) is 1. The smallest absolute Gasteiger partial charge is 0.123 e. The predicted molar refractivity (Wildman–Crippen MR) is 77.2 cm³/mol. The Balaban J connectivity index is 2.15. The van der Waals surface area contributed by atoms with Crippen molar-refractivity contribution >= 4 is 0 Å². The summed E-state index contributed by atoms with van der Waals surface area (Å²) in [7, 11) is 5.32. The van der Waals surface area contributed by atoms with E-state index in [2.05, 4.69) is 10.4 Å². The van der Waals surface area contributed by atoms with Gasteiger partial charge in [0.25, 0.3) is 0 Å². The number of ether oxygens (including phenoxy) is 2. The summed E-state index contributed by atoms with van der Waals surface area (Å²) in [4.78, 5) is 0. The number of rotatable bonds is 3. The molecule has 0 fully saturated rings. The van der Waals surface area contributed by atoms with Crippen molar-refractivity contribution in [1.82, 2.24) is 15.1 Å². The maximum atomic E-state index is 5.35. The first-order valence-electron chi connectivity index (χ1n) is 6.72. The molecule has 1 aliphatic heterocycles. The summed E-state index contributed by atoms with van der Waals surface area (Å²) in [5.74, 6) is 1.58. The molecule has 20 heavy (non-hydrogen) atoms. The lowest BCUT2D eigenvalue weighted by Crippen LogP contribution is -2.23. The van der Waals surface area contributed by atoms with Crippen LogP contribution in [0.4, 0.5) is 0 Å². The van der Waals surface area contributed by atoms with E-state index >= 15 is 0 Å². The van der Waals surface area contributed by atoms with Crippen LogP contribution in [0.25, 0.3) is 11.3 Å². The van der Waals surface area contributed by atoms with E-state index in [0.717, 1.165) is 42.3 Å². The maximum Gasteiger partial charge on any atom is 0.123 e. The fourth-order valence-corrected chi connectivity index (χ4v) is 2.74. The van der Waals surface area contributed by atoms with Crippen molar-refractivity contribution in [1.29, 1.82) is 0 Å². The number of hydrogen-bond acceptors (Lipinski definition) is 4. The van der Waals surface area contributed by atoms with Gasteiger partial charge in [0, 0.05) is 43.8 Å². The van der Waals surface area contributed by atoms with E-state index in [1.54, 1.807) is 14.2 Å². The largest absolute Gasteiger partial charge is 0.497 e. The molecule has 0 saturated carbocycles. The first kappa shape index (κ1) is 13.0. The average Bonchev–Trinajstić information content (AvgIpc) is 2.82. The highest BCUT2D eigenvalue weighted by Gasteiger charge is 2.20. The van der Waals surface area contributed by atoms with Crippen LogP contribution in [0.1, 0.15) is 11.3 Å². The van der Waals surface area contributed by atoms with Gasteiger partial charge in [0.05, 0.1) is 25.6 Å². The van der Waals surface area contributed by atoms with Crippen molar-refractivity contribution in [2.75, 3.05) is 20.8 Å². The zero-order valence-corrected chi connectivity index (χ0v) is 12.1. The van der Waals surface area contributed by atoms with Crippen LogP contribution < -0.4 is 14.8 Å². The standard InChI is InChI=1S/C15H19N3O2/c1-18-15(13-9-16-5-4-14(13)17-18)10-6-11(19-2)8-12(7-10)20-3/h6-8,16H,4-5,9H2,1-3H3. The van der Waals surface area contributed by atoms with Gasteiger partial charge in [-0.3, -0.25) is 4.68 Å². The molecule has 0 bridgehead atoms. The number of aromatic nitrogens is 2. The minimum Gasteiger partial charge on any atom is -0.497 e. The topological polar surface area (TPSA) is 48.3 Å². The van der Waals surface area contributed by atoms with Gasteiger partial charge in [0.1, 0.15) is 11.5 Å². The Morgan fingerprint density at radius 2 is 1.85 bits per heavy atom. The van der Waals surface area contributed by atoms with Gasteiger partial charge in [-0.05, 0) is 12.1 Å². The second-order valence-electron chi connectivity index (χ2n) is 4.93. The van der Waals surface area contributed by atoms with Gasteiger partial charge >= 0.3 is 0 Å². The Hall–Kier alpha value is -2.01. The lowest BCUT2D eigenvalue weighted by Gasteiger charge is -2.14. The number of nitrogens with one attached hydrogen (secondary N) is 1. The number of aryl methyl sites for hydroxylation is 1. The van der Waals surface area contributed by atoms with E-state index in [-0.39, 0.29) is 0 Å². The Bertz CT molecular complexity index is 612. The van der Waals surface area contributed by atoms with E-state index in [1.807, 2.05) is 29.9 Å². The molecule has 0 spiro atoms. The summed E-state index contributed by atoms with van der Waals surface area (Å²) in [5.41, 5.74) is 4.66.